The molecule has 0 aliphatic rings. The number of carbonyl (C=O) groups excluding carboxylic acids is 1. The fourth-order valence-corrected chi connectivity index (χ4v) is 4.12. The number of primary sulfonamides is 1. The van der Waals surface area contributed by atoms with E-state index in [1.807, 2.05) is 0 Å². The summed E-state index contributed by atoms with van der Waals surface area (Å²) in [5.41, 5.74) is 0.554. The molecule has 152 valence electrons. The number of carbonyl (C=O) groups is 1. The predicted octanol–water partition coefficient (Wildman–Crippen LogP) is 4.03. The molecule has 2 N–H and O–H groups in total. The van der Waals surface area contributed by atoms with Gasteiger partial charge in [0.2, 0.25) is 10.0 Å². The second kappa shape index (κ2) is 9.10. The van der Waals surface area contributed by atoms with Gasteiger partial charge in [0.15, 0.2) is 0 Å². The number of thiazole rings is 1. The van der Waals surface area contributed by atoms with E-state index in [1.165, 1.54) is 23.5 Å². The Kier molecular flexibility index (Phi) is 6.76. The third-order valence-corrected chi connectivity index (χ3v) is 6.12. The molecule has 0 saturated carbocycles. The van der Waals surface area contributed by atoms with Crippen LogP contribution in [0.4, 0.5) is 0 Å². The van der Waals surface area contributed by atoms with Crippen LogP contribution in [0.2, 0.25) is 10.0 Å². The van der Waals surface area contributed by atoms with E-state index in [-0.39, 0.29) is 28.7 Å². The molecule has 3 aromatic rings. The summed E-state index contributed by atoms with van der Waals surface area (Å²) in [5.74, 6) is -0.0653. The highest BCUT2D eigenvalue weighted by atomic mass is 35.5. The molecule has 0 bridgehead atoms. The number of sulfonamides is 1. The molecular weight excluding hydrogens is 459 g/mol. The van der Waals surface area contributed by atoms with Gasteiger partial charge >= 0.3 is 5.97 Å². The summed E-state index contributed by atoms with van der Waals surface area (Å²) in [5, 5.41) is 8.07. The number of nitrogens with two attached hydrogens (primary N) is 1. The van der Waals surface area contributed by atoms with E-state index in [2.05, 4.69) is 4.98 Å². The van der Waals surface area contributed by atoms with Crippen LogP contribution in [-0.4, -0.2) is 19.4 Å². The van der Waals surface area contributed by atoms with Crippen LogP contribution in [0.1, 0.15) is 21.1 Å². The summed E-state index contributed by atoms with van der Waals surface area (Å²) >= 11 is 13.0. The van der Waals surface area contributed by atoms with Crippen molar-refractivity contribution in [2.45, 2.75) is 18.1 Å². The van der Waals surface area contributed by atoms with Crippen molar-refractivity contribution < 1.29 is 22.7 Å². The van der Waals surface area contributed by atoms with Crippen LogP contribution in [0.3, 0.4) is 0 Å². The zero-order valence-corrected chi connectivity index (χ0v) is 17.8. The van der Waals surface area contributed by atoms with Gasteiger partial charge in [-0.25, -0.2) is 23.3 Å². The molecule has 7 nitrogen and oxygen atoms in total. The average molecular weight is 473 g/mol. The lowest BCUT2D eigenvalue weighted by Gasteiger charge is -2.06. The molecule has 0 saturated heterocycles. The summed E-state index contributed by atoms with van der Waals surface area (Å²) < 4.78 is 33.8. The molecule has 0 spiro atoms. The minimum absolute atomic E-state index is 0.0138. The molecule has 0 aliphatic carbocycles. The van der Waals surface area contributed by atoms with Crippen molar-refractivity contribution in [2.75, 3.05) is 0 Å². The number of rotatable bonds is 7. The minimum atomic E-state index is -4.06. The van der Waals surface area contributed by atoms with Crippen molar-refractivity contribution in [1.29, 1.82) is 0 Å². The van der Waals surface area contributed by atoms with E-state index >= 15 is 0 Å². The first-order valence-electron chi connectivity index (χ1n) is 8.03. The Labute approximate surface area is 181 Å². The van der Waals surface area contributed by atoms with Crippen molar-refractivity contribution in [3.63, 3.8) is 0 Å². The van der Waals surface area contributed by atoms with Gasteiger partial charge in [-0.3, -0.25) is 0 Å². The van der Waals surface area contributed by atoms with Crippen LogP contribution in [0.25, 0.3) is 0 Å². The van der Waals surface area contributed by atoms with Crippen LogP contribution in [-0.2, 0) is 28.0 Å². The number of halogens is 2. The van der Waals surface area contributed by atoms with Crippen molar-refractivity contribution >= 4 is 50.5 Å². The van der Waals surface area contributed by atoms with Gasteiger partial charge in [0.05, 0.1) is 16.3 Å². The molecule has 0 unspecified atom stereocenters. The van der Waals surface area contributed by atoms with Gasteiger partial charge in [0, 0.05) is 10.4 Å². The minimum Gasteiger partial charge on any atom is -0.486 e. The van der Waals surface area contributed by atoms with E-state index in [9.17, 15) is 13.2 Å². The SMILES string of the molecule is NS(=O)(=O)c1cc(C(=O)OCc2csc(COc3ccc(Cl)cc3)n2)ccc1Cl. The molecule has 2 aromatic carbocycles. The molecule has 29 heavy (non-hydrogen) atoms. The second-order valence-corrected chi connectivity index (χ2v) is 9.06. The maximum Gasteiger partial charge on any atom is 0.338 e. The second-order valence-electron chi connectivity index (χ2n) is 5.74. The molecule has 0 radical (unpaired) electrons. The molecule has 3 rings (SSSR count). The Hall–Kier alpha value is -2.17. The first kappa shape index (κ1) is 21.5. The molecular formula is C18H14Cl2N2O5S2. The highest BCUT2D eigenvalue weighted by Gasteiger charge is 2.17. The summed E-state index contributed by atoms with van der Waals surface area (Å²) in [7, 11) is -4.06. The first-order chi connectivity index (χ1) is 13.7. The molecule has 1 heterocycles. The number of nitrogens with zero attached hydrogens (tertiary/aromatic N) is 1. The summed E-state index contributed by atoms with van der Waals surface area (Å²) in [6, 6.07) is 10.6. The lowest BCUT2D eigenvalue weighted by atomic mass is 10.2. The van der Waals surface area contributed by atoms with Crippen molar-refractivity contribution in [3.8, 4) is 5.75 Å². The van der Waals surface area contributed by atoms with Crippen LogP contribution >= 0.6 is 34.5 Å². The standard InChI is InChI=1S/C18H14Cl2N2O5S2/c19-12-2-4-14(5-3-12)26-9-17-22-13(10-28-17)8-27-18(23)11-1-6-15(20)16(7-11)29(21,24)25/h1-7,10H,8-9H2,(H2,21,24,25). The van der Waals surface area contributed by atoms with Gasteiger partial charge in [-0.2, -0.15) is 0 Å². The smallest absolute Gasteiger partial charge is 0.338 e. The van der Waals surface area contributed by atoms with E-state index in [0.717, 1.165) is 6.07 Å². The first-order valence-corrected chi connectivity index (χ1v) is 11.2. The number of aromatic nitrogens is 1. The zero-order chi connectivity index (χ0) is 21.0. The number of hydrogen-bond acceptors (Lipinski definition) is 7. The number of hydrogen-bond donors (Lipinski definition) is 1. The summed E-state index contributed by atoms with van der Waals surface area (Å²) in [4.78, 5) is 16.2. The lowest BCUT2D eigenvalue weighted by Crippen LogP contribution is -2.14. The molecule has 0 atom stereocenters. The van der Waals surface area contributed by atoms with Gasteiger partial charge in [0.25, 0.3) is 0 Å². The zero-order valence-electron chi connectivity index (χ0n) is 14.7. The number of ether oxygens (including phenoxy) is 2. The third kappa shape index (κ3) is 5.91. The molecule has 0 amide bonds. The molecule has 11 heteroatoms. The van der Waals surface area contributed by atoms with Crippen molar-refractivity contribution in [1.82, 2.24) is 4.98 Å². The number of benzene rings is 2. The highest BCUT2D eigenvalue weighted by Crippen LogP contribution is 2.22. The fraction of sp³-hybridized carbons (Fsp3) is 0.111. The Morgan fingerprint density at radius 1 is 1.10 bits per heavy atom. The quantitative estimate of drug-likeness (QED) is 0.519. The lowest BCUT2D eigenvalue weighted by molar-refractivity contribution is 0.0468. The Morgan fingerprint density at radius 3 is 2.52 bits per heavy atom. The summed E-state index contributed by atoms with van der Waals surface area (Å²) in [6.07, 6.45) is 0. The fourth-order valence-electron chi connectivity index (χ4n) is 2.23. The topological polar surface area (TPSA) is 109 Å². The van der Waals surface area contributed by atoms with Gasteiger partial charge in [-0.1, -0.05) is 23.2 Å². The normalized spacial score (nSPS) is 11.3. The van der Waals surface area contributed by atoms with E-state index in [4.69, 9.17) is 37.8 Å². The Bertz CT molecular complexity index is 1130. The highest BCUT2D eigenvalue weighted by molar-refractivity contribution is 7.89. The van der Waals surface area contributed by atoms with E-state index in [0.29, 0.717) is 21.5 Å². The van der Waals surface area contributed by atoms with Crippen LogP contribution in [0, 0.1) is 0 Å². The van der Waals surface area contributed by atoms with Gasteiger partial charge in [-0.05, 0) is 42.5 Å². The van der Waals surface area contributed by atoms with Crippen LogP contribution < -0.4 is 9.88 Å². The third-order valence-electron chi connectivity index (χ3n) is 3.60. The van der Waals surface area contributed by atoms with Gasteiger partial charge in [-0.15, -0.1) is 11.3 Å². The maximum atomic E-state index is 12.2. The maximum absolute atomic E-state index is 12.2. The molecule has 0 fully saturated rings. The van der Waals surface area contributed by atoms with Crippen molar-refractivity contribution in [2.24, 2.45) is 5.14 Å². The molecule has 0 aliphatic heterocycles. The average Bonchev–Trinajstić information content (AvgIpc) is 3.13. The van der Waals surface area contributed by atoms with Gasteiger partial charge in [0.1, 0.15) is 28.9 Å². The van der Waals surface area contributed by atoms with E-state index < -0.39 is 16.0 Å². The predicted molar refractivity (Wildman–Crippen MR) is 110 cm³/mol. The van der Waals surface area contributed by atoms with Crippen molar-refractivity contribution in [3.05, 3.63) is 74.2 Å². The van der Waals surface area contributed by atoms with Crippen LogP contribution in [0.5, 0.6) is 5.75 Å². The largest absolute Gasteiger partial charge is 0.486 e. The monoisotopic (exact) mass is 472 g/mol. The van der Waals surface area contributed by atoms with Crippen LogP contribution in [0.15, 0.2) is 52.7 Å². The Morgan fingerprint density at radius 2 is 1.83 bits per heavy atom. The molecule has 1 aromatic heterocycles. The van der Waals surface area contributed by atoms with E-state index in [1.54, 1.807) is 29.6 Å². The summed E-state index contributed by atoms with van der Waals surface area (Å²) in [6.45, 7) is 0.179. The number of esters is 1. The van der Waals surface area contributed by atoms with Gasteiger partial charge < -0.3 is 9.47 Å². The Balaban J connectivity index is 1.58.